The lowest BCUT2D eigenvalue weighted by molar-refractivity contribution is -0.143. The number of anilines is 1. The predicted molar refractivity (Wildman–Crippen MR) is 99.0 cm³/mol. The molecule has 1 aromatic carbocycles. The molecule has 1 N–H and O–H groups in total. The van der Waals surface area contributed by atoms with Gasteiger partial charge in [-0.25, -0.2) is 0 Å². The number of carbonyl (C=O) groups excluding carboxylic acids is 1. The number of nitrogens with one attached hydrogen (secondary N) is 1. The van der Waals surface area contributed by atoms with Gasteiger partial charge in [-0.15, -0.1) is 0 Å². The molecule has 3 aromatic rings. The van der Waals surface area contributed by atoms with E-state index in [-0.39, 0.29) is 5.69 Å². The Morgan fingerprint density at radius 2 is 1.93 bits per heavy atom. The monoisotopic (exact) mass is 451 g/mol. The zero-order chi connectivity index (χ0) is 20.6. The van der Waals surface area contributed by atoms with E-state index >= 15 is 0 Å². The van der Waals surface area contributed by atoms with E-state index in [1.807, 2.05) is 0 Å². The molecular formula is C16H11Cl3F3N5O. The third kappa shape index (κ3) is 4.26. The molecule has 28 heavy (non-hydrogen) atoms. The second-order valence-corrected chi connectivity index (χ2v) is 6.95. The maximum atomic E-state index is 13.0. The lowest BCUT2D eigenvalue weighted by Crippen LogP contribution is -2.13. The van der Waals surface area contributed by atoms with E-state index in [1.165, 1.54) is 17.1 Å². The van der Waals surface area contributed by atoms with Crippen molar-refractivity contribution in [1.29, 1.82) is 0 Å². The van der Waals surface area contributed by atoms with Gasteiger partial charge in [-0.1, -0.05) is 40.9 Å². The first-order valence-electron chi connectivity index (χ1n) is 7.63. The quantitative estimate of drug-likeness (QED) is 0.613. The van der Waals surface area contributed by atoms with Crippen LogP contribution in [-0.2, 0) is 19.8 Å². The van der Waals surface area contributed by atoms with E-state index < -0.39 is 28.5 Å². The van der Waals surface area contributed by atoms with Crippen molar-refractivity contribution < 1.29 is 18.0 Å². The van der Waals surface area contributed by atoms with Crippen molar-refractivity contribution in [2.75, 3.05) is 5.32 Å². The molecule has 3 rings (SSSR count). The van der Waals surface area contributed by atoms with Gasteiger partial charge in [0.25, 0.3) is 5.91 Å². The Labute approximate surface area is 171 Å². The summed E-state index contributed by atoms with van der Waals surface area (Å²) in [5.74, 6) is -0.884. The Bertz CT molecular complexity index is 1040. The minimum absolute atomic E-state index is 0.264. The third-order valence-electron chi connectivity index (χ3n) is 3.69. The molecule has 1 amide bonds. The standard InChI is InChI=1S/C16H11Cl3F3N5O/c1-26-14(16(20,21)22)12(19)13(25-26)15(28)24-9-5-23-27(7-9)6-8-2-3-10(17)11(18)4-8/h2-5,7H,6H2,1H3,(H,24,28). The summed E-state index contributed by atoms with van der Waals surface area (Å²) in [4.78, 5) is 12.3. The number of hydrogen-bond acceptors (Lipinski definition) is 3. The summed E-state index contributed by atoms with van der Waals surface area (Å²) >= 11 is 17.5. The van der Waals surface area contributed by atoms with Crippen LogP contribution in [0, 0.1) is 0 Å². The van der Waals surface area contributed by atoms with E-state index in [0.29, 0.717) is 21.3 Å². The molecule has 0 aliphatic carbocycles. The van der Waals surface area contributed by atoms with Crippen LogP contribution in [0.15, 0.2) is 30.6 Å². The highest BCUT2D eigenvalue weighted by atomic mass is 35.5. The van der Waals surface area contributed by atoms with Crippen LogP contribution in [-0.4, -0.2) is 25.5 Å². The van der Waals surface area contributed by atoms with Gasteiger partial charge < -0.3 is 5.32 Å². The number of aryl methyl sites for hydroxylation is 1. The van der Waals surface area contributed by atoms with Gasteiger partial charge in [-0.3, -0.25) is 14.2 Å². The first-order chi connectivity index (χ1) is 13.1. The van der Waals surface area contributed by atoms with Gasteiger partial charge in [-0.05, 0) is 17.7 Å². The first-order valence-corrected chi connectivity index (χ1v) is 8.77. The van der Waals surface area contributed by atoms with E-state index in [2.05, 4.69) is 15.5 Å². The molecule has 6 nitrogen and oxygen atoms in total. The molecule has 0 radical (unpaired) electrons. The molecule has 0 spiro atoms. The average molecular weight is 453 g/mol. The Morgan fingerprint density at radius 1 is 1.21 bits per heavy atom. The third-order valence-corrected chi connectivity index (χ3v) is 4.79. The molecule has 0 saturated carbocycles. The molecule has 0 aliphatic heterocycles. The van der Waals surface area contributed by atoms with Crippen LogP contribution in [0.25, 0.3) is 0 Å². The molecule has 2 heterocycles. The number of alkyl halides is 3. The lowest BCUT2D eigenvalue weighted by Gasteiger charge is -2.06. The van der Waals surface area contributed by atoms with E-state index in [1.54, 1.807) is 18.2 Å². The number of hydrogen-bond donors (Lipinski definition) is 1. The van der Waals surface area contributed by atoms with Crippen molar-refractivity contribution in [2.45, 2.75) is 12.7 Å². The SMILES string of the molecule is Cn1nc(C(=O)Nc2cnn(Cc3ccc(Cl)c(Cl)c3)c2)c(Cl)c1C(F)(F)F. The summed E-state index contributed by atoms with van der Waals surface area (Å²) in [7, 11) is 1.06. The predicted octanol–water partition coefficient (Wildman–Crippen LogP) is 4.90. The smallest absolute Gasteiger partial charge is 0.318 e. The number of aromatic nitrogens is 4. The minimum atomic E-state index is -4.73. The lowest BCUT2D eigenvalue weighted by atomic mass is 10.2. The van der Waals surface area contributed by atoms with Crippen molar-refractivity contribution in [3.05, 3.63) is 62.6 Å². The number of nitrogens with zero attached hydrogens (tertiary/aromatic N) is 4. The van der Waals surface area contributed by atoms with Crippen LogP contribution in [0.4, 0.5) is 18.9 Å². The van der Waals surface area contributed by atoms with Crippen molar-refractivity contribution >= 4 is 46.4 Å². The van der Waals surface area contributed by atoms with Gasteiger partial charge in [0.05, 0.1) is 28.5 Å². The Morgan fingerprint density at radius 3 is 2.54 bits per heavy atom. The first kappa shape index (κ1) is 20.5. The van der Waals surface area contributed by atoms with Crippen LogP contribution < -0.4 is 5.32 Å². The maximum Gasteiger partial charge on any atom is 0.434 e. The second-order valence-electron chi connectivity index (χ2n) is 5.76. The molecule has 0 atom stereocenters. The van der Waals surface area contributed by atoms with Crippen LogP contribution >= 0.6 is 34.8 Å². The molecule has 0 unspecified atom stereocenters. The summed E-state index contributed by atoms with van der Waals surface area (Å²) in [6, 6.07) is 5.09. The maximum absolute atomic E-state index is 13.0. The van der Waals surface area contributed by atoms with E-state index in [4.69, 9.17) is 34.8 Å². The zero-order valence-corrected chi connectivity index (χ0v) is 16.3. The van der Waals surface area contributed by atoms with Gasteiger partial charge in [0.15, 0.2) is 11.4 Å². The van der Waals surface area contributed by atoms with Crippen molar-refractivity contribution in [3.63, 3.8) is 0 Å². The topological polar surface area (TPSA) is 64.7 Å². The van der Waals surface area contributed by atoms with Gasteiger partial charge in [0.2, 0.25) is 0 Å². The van der Waals surface area contributed by atoms with E-state index in [9.17, 15) is 18.0 Å². The summed E-state index contributed by atoms with van der Waals surface area (Å²) in [6.07, 6.45) is -1.89. The van der Waals surface area contributed by atoms with Crippen LogP contribution in [0.3, 0.4) is 0 Å². The fourth-order valence-corrected chi connectivity index (χ4v) is 3.15. The Kier molecular flexibility index (Phi) is 5.60. The van der Waals surface area contributed by atoms with Gasteiger partial charge >= 0.3 is 6.18 Å². The second kappa shape index (κ2) is 7.65. The highest BCUT2D eigenvalue weighted by molar-refractivity contribution is 6.42. The molecule has 0 bridgehead atoms. The largest absolute Gasteiger partial charge is 0.434 e. The molecule has 0 aliphatic rings. The molecule has 0 fully saturated rings. The number of amides is 1. The number of carbonyl (C=O) groups is 1. The summed E-state index contributed by atoms with van der Waals surface area (Å²) < 4.78 is 40.9. The van der Waals surface area contributed by atoms with Crippen LogP contribution in [0.1, 0.15) is 21.7 Å². The highest BCUT2D eigenvalue weighted by Gasteiger charge is 2.40. The Hall–Kier alpha value is -2.23. The van der Waals surface area contributed by atoms with E-state index in [0.717, 1.165) is 12.6 Å². The zero-order valence-electron chi connectivity index (χ0n) is 14.1. The van der Waals surface area contributed by atoms with Gasteiger partial charge in [0.1, 0.15) is 5.02 Å². The van der Waals surface area contributed by atoms with Crippen molar-refractivity contribution in [3.8, 4) is 0 Å². The molecular weight excluding hydrogens is 442 g/mol. The average Bonchev–Trinajstić information content (AvgIpc) is 3.14. The Balaban J connectivity index is 1.75. The molecule has 2 aromatic heterocycles. The number of halogens is 6. The van der Waals surface area contributed by atoms with Gasteiger partial charge in [0, 0.05) is 13.2 Å². The van der Waals surface area contributed by atoms with Crippen LogP contribution in [0.2, 0.25) is 15.1 Å². The summed E-state index contributed by atoms with van der Waals surface area (Å²) in [5.41, 5.74) is -0.651. The fraction of sp³-hybridized carbons (Fsp3) is 0.188. The summed E-state index contributed by atoms with van der Waals surface area (Å²) in [5, 5.41) is 10.1. The number of benzene rings is 1. The van der Waals surface area contributed by atoms with Crippen molar-refractivity contribution in [1.82, 2.24) is 19.6 Å². The van der Waals surface area contributed by atoms with Gasteiger partial charge in [-0.2, -0.15) is 23.4 Å². The fourth-order valence-electron chi connectivity index (χ4n) is 2.48. The normalized spacial score (nSPS) is 11.7. The molecule has 0 saturated heterocycles. The highest BCUT2D eigenvalue weighted by Crippen LogP contribution is 2.36. The van der Waals surface area contributed by atoms with Crippen LogP contribution in [0.5, 0.6) is 0 Å². The van der Waals surface area contributed by atoms with Crippen molar-refractivity contribution in [2.24, 2.45) is 7.05 Å². The molecule has 148 valence electrons. The minimum Gasteiger partial charge on any atom is -0.318 e. The summed E-state index contributed by atoms with van der Waals surface area (Å²) in [6.45, 7) is 0.343. The molecule has 12 heteroatoms. The number of rotatable bonds is 4.